The Morgan fingerprint density at radius 1 is 1.52 bits per heavy atom. The average Bonchev–Trinajstić information content (AvgIpc) is 2.45. The molecule has 1 atom stereocenters. The van der Waals surface area contributed by atoms with Crippen LogP contribution >= 0.6 is 0 Å². The number of nitro benzene ring substituents is 1. The SMILES string of the molecule is CC(c1cccc([N+](=O)[O-])c1)N(C)C(=O)C1(CN)CCC1. The Balaban J connectivity index is 2.19. The van der Waals surface area contributed by atoms with Crippen LogP contribution in [0, 0.1) is 15.5 Å². The van der Waals surface area contributed by atoms with Crippen LogP contribution in [0.25, 0.3) is 0 Å². The largest absolute Gasteiger partial charge is 0.338 e. The zero-order valence-corrected chi connectivity index (χ0v) is 12.4. The molecule has 0 radical (unpaired) electrons. The molecule has 0 aromatic heterocycles. The highest BCUT2D eigenvalue weighted by Crippen LogP contribution is 2.42. The third-order valence-electron chi connectivity index (χ3n) is 4.62. The van der Waals surface area contributed by atoms with Gasteiger partial charge >= 0.3 is 0 Å². The predicted molar refractivity (Wildman–Crippen MR) is 79.6 cm³/mol. The number of benzene rings is 1. The smallest absolute Gasteiger partial charge is 0.269 e. The number of nitrogens with two attached hydrogens (primary N) is 1. The average molecular weight is 291 g/mol. The van der Waals surface area contributed by atoms with Gasteiger partial charge in [-0.25, -0.2) is 0 Å². The summed E-state index contributed by atoms with van der Waals surface area (Å²) in [6, 6.07) is 6.19. The van der Waals surface area contributed by atoms with Crippen LogP contribution in [0.15, 0.2) is 24.3 Å². The summed E-state index contributed by atoms with van der Waals surface area (Å²) in [6.45, 7) is 2.23. The molecule has 6 nitrogen and oxygen atoms in total. The quantitative estimate of drug-likeness (QED) is 0.665. The second-order valence-corrected chi connectivity index (χ2v) is 5.78. The van der Waals surface area contributed by atoms with E-state index in [4.69, 9.17) is 5.73 Å². The zero-order valence-electron chi connectivity index (χ0n) is 12.4. The van der Waals surface area contributed by atoms with Gasteiger partial charge in [0, 0.05) is 25.7 Å². The molecule has 1 fully saturated rings. The monoisotopic (exact) mass is 291 g/mol. The van der Waals surface area contributed by atoms with Crippen molar-refractivity contribution in [3.8, 4) is 0 Å². The number of hydrogen-bond donors (Lipinski definition) is 1. The molecule has 21 heavy (non-hydrogen) atoms. The maximum Gasteiger partial charge on any atom is 0.269 e. The lowest BCUT2D eigenvalue weighted by Gasteiger charge is -2.43. The highest BCUT2D eigenvalue weighted by Gasteiger charge is 2.45. The normalized spacial score (nSPS) is 17.7. The molecule has 2 rings (SSSR count). The summed E-state index contributed by atoms with van der Waals surface area (Å²) in [5, 5.41) is 10.8. The molecule has 1 aliphatic rings. The number of nitrogens with zero attached hydrogens (tertiary/aromatic N) is 2. The van der Waals surface area contributed by atoms with E-state index < -0.39 is 10.3 Å². The second-order valence-electron chi connectivity index (χ2n) is 5.78. The molecular weight excluding hydrogens is 270 g/mol. The summed E-state index contributed by atoms with van der Waals surface area (Å²) in [7, 11) is 1.74. The van der Waals surface area contributed by atoms with E-state index in [-0.39, 0.29) is 17.6 Å². The van der Waals surface area contributed by atoms with Crippen molar-refractivity contribution in [2.24, 2.45) is 11.1 Å². The van der Waals surface area contributed by atoms with Gasteiger partial charge in [-0.2, -0.15) is 0 Å². The maximum absolute atomic E-state index is 12.6. The first-order chi connectivity index (χ1) is 9.91. The molecule has 1 unspecified atom stereocenters. The summed E-state index contributed by atoms with van der Waals surface area (Å²) in [5.74, 6) is 0.0373. The Bertz CT molecular complexity index is 549. The van der Waals surface area contributed by atoms with Crippen LogP contribution in [0.3, 0.4) is 0 Å². The third-order valence-corrected chi connectivity index (χ3v) is 4.62. The van der Waals surface area contributed by atoms with Crippen molar-refractivity contribution < 1.29 is 9.72 Å². The topological polar surface area (TPSA) is 89.5 Å². The first-order valence-corrected chi connectivity index (χ1v) is 7.13. The number of non-ortho nitro benzene ring substituents is 1. The van der Waals surface area contributed by atoms with Crippen molar-refractivity contribution in [1.29, 1.82) is 0 Å². The van der Waals surface area contributed by atoms with Gasteiger partial charge in [-0.15, -0.1) is 0 Å². The van der Waals surface area contributed by atoms with Crippen LogP contribution < -0.4 is 5.73 Å². The summed E-state index contributed by atoms with van der Waals surface area (Å²) in [4.78, 5) is 24.7. The molecular formula is C15H21N3O3. The summed E-state index contributed by atoms with van der Waals surface area (Å²) in [5.41, 5.74) is 6.14. The summed E-state index contributed by atoms with van der Waals surface area (Å²) < 4.78 is 0. The zero-order chi connectivity index (χ0) is 15.6. The molecule has 114 valence electrons. The van der Waals surface area contributed by atoms with Crippen molar-refractivity contribution in [3.63, 3.8) is 0 Å². The van der Waals surface area contributed by atoms with Gasteiger partial charge in [-0.05, 0) is 25.3 Å². The number of nitro groups is 1. The van der Waals surface area contributed by atoms with Crippen LogP contribution in [-0.2, 0) is 4.79 Å². The highest BCUT2D eigenvalue weighted by atomic mass is 16.6. The molecule has 1 aromatic rings. The van der Waals surface area contributed by atoms with E-state index in [9.17, 15) is 14.9 Å². The molecule has 1 amide bonds. The van der Waals surface area contributed by atoms with Gasteiger partial charge in [0.25, 0.3) is 5.69 Å². The Hall–Kier alpha value is -1.95. The molecule has 2 N–H and O–H groups in total. The molecule has 1 aliphatic carbocycles. The van der Waals surface area contributed by atoms with Crippen LogP contribution in [0.1, 0.15) is 37.8 Å². The number of carbonyl (C=O) groups is 1. The first-order valence-electron chi connectivity index (χ1n) is 7.13. The standard InChI is InChI=1S/C15H21N3O3/c1-11(12-5-3-6-13(9-12)18(20)21)17(2)14(19)15(10-16)7-4-8-15/h3,5-6,9,11H,4,7-8,10,16H2,1-2H3. The predicted octanol–water partition coefficient (Wildman–Crippen LogP) is 2.24. The lowest BCUT2D eigenvalue weighted by Crippen LogP contribution is -2.51. The van der Waals surface area contributed by atoms with Crippen molar-refractivity contribution >= 4 is 11.6 Å². The second kappa shape index (κ2) is 5.81. The van der Waals surface area contributed by atoms with Gasteiger partial charge in [0.05, 0.1) is 16.4 Å². The van der Waals surface area contributed by atoms with E-state index >= 15 is 0 Å². The highest BCUT2D eigenvalue weighted by molar-refractivity contribution is 5.84. The maximum atomic E-state index is 12.6. The number of carbonyl (C=O) groups excluding carboxylic acids is 1. The van der Waals surface area contributed by atoms with E-state index in [0.717, 1.165) is 24.8 Å². The minimum absolute atomic E-state index is 0.0373. The van der Waals surface area contributed by atoms with E-state index in [2.05, 4.69) is 0 Å². The Labute approximate surface area is 124 Å². The van der Waals surface area contributed by atoms with Gasteiger partial charge in [-0.1, -0.05) is 18.6 Å². The summed E-state index contributed by atoms with van der Waals surface area (Å²) >= 11 is 0. The van der Waals surface area contributed by atoms with E-state index in [0.29, 0.717) is 6.54 Å². The van der Waals surface area contributed by atoms with Crippen molar-refractivity contribution in [2.45, 2.75) is 32.2 Å². The number of amides is 1. The molecule has 1 aromatic carbocycles. The lowest BCUT2D eigenvalue weighted by atomic mass is 9.67. The Morgan fingerprint density at radius 2 is 2.19 bits per heavy atom. The van der Waals surface area contributed by atoms with Crippen molar-refractivity contribution in [1.82, 2.24) is 4.90 Å². The van der Waals surface area contributed by atoms with Gasteiger partial charge < -0.3 is 10.6 Å². The van der Waals surface area contributed by atoms with Crippen molar-refractivity contribution in [2.75, 3.05) is 13.6 Å². The van der Waals surface area contributed by atoms with Crippen LogP contribution in [0.5, 0.6) is 0 Å². The number of hydrogen-bond acceptors (Lipinski definition) is 4. The van der Waals surface area contributed by atoms with Crippen LogP contribution in [0.2, 0.25) is 0 Å². The number of rotatable bonds is 5. The molecule has 0 spiro atoms. The van der Waals surface area contributed by atoms with Gasteiger partial charge in [0.2, 0.25) is 5.91 Å². The molecule has 0 bridgehead atoms. The molecule has 6 heteroatoms. The molecule has 0 saturated heterocycles. The Kier molecular flexibility index (Phi) is 4.27. The van der Waals surface area contributed by atoms with Gasteiger partial charge in [0.1, 0.15) is 0 Å². The third kappa shape index (κ3) is 2.76. The summed E-state index contributed by atoms with van der Waals surface area (Å²) in [6.07, 6.45) is 2.69. The van der Waals surface area contributed by atoms with Crippen LogP contribution in [0.4, 0.5) is 5.69 Å². The minimum atomic E-state index is -0.427. The van der Waals surface area contributed by atoms with E-state index in [1.54, 1.807) is 24.1 Å². The fourth-order valence-corrected chi connectivity index (χ4v) is 2.78. The molecule has 0 aliphatic heterocycles. The van der Waals surface area contributed by atoms with Crippen molar-refractivity contribution in [3.05, 3.63) is 39.9 Å². The molecule has 0 heterocycles. The van der Waals surface area contributed by atoms with E-state index in [1.165, 1.54) is 12.1 Å². The van der Waals surface area contributed by atoms with Crippen LogP contribution in [-0.4, -0.2) is 29.3 Å². The van der Waals surface area contributed by atoms with Gasteiger partial charge in [0.15, 0.2) is 0 Å². The van der Waals surface area contributed by atoms with Gasteiger partial charge in [-0.3, -0.25) is 14.9 Å². The fraction of sp³-hybridized carbons (Fsp3) is 0.533. The first kappa shape index (κ1) is 15.4. The molecule has 1 saturated carbocycles. The fourth-order valence-electron chi connectivity index (χ4n) is 2.78. The Morgan fingerprint density at radius 3 is 2.67 bits per heavy atom. The minimum Gasteiger partial charge on any atom is -0.338 e. The lowest BCUT2D eigenvalue weighted by molar-refractivity contribution is -0.384. The van der Waals surface area contributed by atoms with E-state index in [1.807, 2.05) is 6.92 Å².